The standard InChI is InChI=1S/C31H39N3O8S/c1-30(2,3)28(36)41-15-19-12-20-14-23(33-25(20)24(13-19)34(38)39)26(35)22(16-42-29(37)31(4,5)6)27(32)43-17-18-8-10-21(40-7)11-9-18/h8-14,22,27,33H,15-17,32H2,1-7H3/t22-,27?/m1/s1. The number of carbonyl (C=O) groups excluding carboxylic acids is 3. The number of rotatable bonds is 12. The summed E-state index contributed by atoms with van der Waals surface area (Å²) in [5.74, 6) is -1.15. The molecule has 0 aliphatic carbocycles. The highest BCUT2D eigenvalue weighted by molar-refractivity contribution is 7.99. The van der Waals surface area contributed by atoms with Crippen LogP contribution in [0.2, 0.25) is 0 Å². The summed E-state index contributed by atoms with van der Waals surface area (Å²) in [7, 11) is 1.58. The molecule has 2 aromatic carbocycles. The topological polar surface area (TPSA) is 164 Å². The highest BCUT2D eigenvalue weighted by atomic mass is 32.2. The number of hydrogen-bond acceptors (Lipinski definition) is 10. The lowest BCUT2D eigenvalue weighted by molar-refractivity contribution is -0.383. The molecule has 3 aromatic rings. The highest BCUT2D eigenvalue weighted by Gasteiger charge is 2.33. The third-order valence-electron chi connectivity index (χ3n) is 6.55. The van der Waals surface area contributed by atoms with E-state index in [9.17, 15) is 24.5 Å². The van der Waals surface area contributed by atoms with Crippen LogP contribution < -0.4 is 10.5 Å². The number of aromatic amines is 1. The van der Waals surface area contributed by atoms with Gasteiger partial charge in [0.15, 0.2) is 5.78 Å². The first-order valence-corrected chi connectivity index (χ1v) is 14.7. The van der Waals surface area contributed by atoms with Crippen LogP contribution >= 0.6 is 11.8 Å². The van der Waals surface area contributed by atoms with Gasteiger partial charge >= 0.3 is 11.9 Å². The van der Waals surface area contributed by atoms with Crippen LogP contribution in [0.3, 0.4) is 0 Å². The van der Waals surface area contributed by atoms with Crippen molar-refractivity contribution in [2.75, 3.05) is 13.7 Å². The molecule has 0 fully saturated rings. The Labute approximate surface area is 255 Å². The number of methoxy groups -OCH3 is 1. The van der Waals surface area contributed by atoms with Crippen LogP contribution in [0.25, 0.3) is 10.9 Å². The first-order chi connectivity index (χ1) is 20.0. The number of nitro groups is 1. The van der Waals surface area contributed by atoms with Gasteiger partial charge in [-0.05, 0) is 76.9 Å². The summed E-state index contributed by atoms with van der Waals surface area (Å²) in [6.07, 6.45) is 0. The summed E-state index contributed by atoms with van der Waals surface area (Å²) < 4.78 is 16.1. The van der Waals surface area contributed by atoms with Crippen molar-refractivity contribution >= 4 is 46.1 Å². The second-order valence-electron chi connectivity index (χ2n) is 12.3. The van der Waals surface area contributed by atoms with E-state index in [2.05, 4.69) is 4.98 Å². The Morgan fingerprint density at radius 3 is 2.12 bits per heavy atom. The zero-order valence-corrected chi connectivity index (χ0v) is 26.3. The molecule has 1 aromatic heterocycles. The van der Waals surface area contributed by atoms with Gasteiger partial charge in [0.1, 0.15) is 24.5 Å². The van der Waals surface area contributed by atoms with Crippen LogP contribution in [0, 0.1) is 26.9 Å². The molecule has 1 heterocycles. The number of Topliss-reactive ketones (excluding diaryl/α,β-unsaturated/α-hetero) is 1. The van der Waals surface area contributed by atoms with Crippen molar-refractivity contribution in [2.24, 2.45) is 22.5 Å². The molecule has 3 N–H and O–H groups in total. The minimum Gasteiger partial charge on any atom is -0.497 e. The molecule has 0 spiro atoms. The number of esters is 2. The second-order valence-corrected chi connectivity index (χ2v) is 13.5. The number of nitrogens with one attached hydrogen (secondary N) is 1. The van der Waals surface area contributed by atoms with Crippen LogP contribution in [0.5, 0.6) is 5.75 Å². The van der Waals surface area contributed by atoms with Crippen molar-refractivity contribution in [3.8, 4) is 5.75 Å². The fraction of sp³-hybridized carbons (Fsp3) is 0.452. The van der Waals surface area contributed by atoms with Crippen molar-refractivity contribution < 1.29 is 33.5 Å². The summed E-state index contributed by atoms with van der Waals surface area (Å²) in [6.45, 7) is 9.81. The number of benzene rings is 2. The number of H-pyrrole nitrogens is 1. The molecule has 0 saturated carbocycles. The maximum atomic E-state index is 13.8. The lowest BCUT2D eigenvalue weighted by Gasteiger charge is -2.24. The van der Waals surface area contributed by atoms with Crippen LogP contribution in [-0.4, -0.2) is 46.7 Å². The average Bonchev–Trinajstić information content (AvgIpc) is 3.37. The minimum atomic E-state index is -0.950. The first kappa shape index (κ1) is 33.6. The van der Waals surface area contributed by atoms with Gasteiger partial charge in [-0.15, -0.1) is 11.8 Å². The van der Waals surface area contributed by atoms with Crippen LogP contribution in [0.15, 0.2) is 42.5 Å². The van der Waals surface area contributed by atoms with Gasteiger partial charge in [-0.1, -0.05) is 12.1 Å². The van der Waals surface area contributed by atoms with Crippen molar-refractivity contribution in [1.29, 1.82) is 0 Å². The molecule has 3 rings (SSSR count). The Hall–Kier alpha value is -3.90. The predicted octanol–water partition coefficient (Wildman–Crippen LogP) is 5.78. The van der Waals surface area contributed by atoms with E-state index in [4.69, 9.17) is 19.9 Å². The second kappa shape index (κ2) is 13.6. The van der Waals surface area contributed by atoms with Gasteiger partial charge in [-0.2, -0.15) is 0 Å². The molecule has 11 nitrogen and oxygen atoms in total. The monoisotopic (exact) mass is 613 g/mol. The van der Waals surface area contributed by atoms with Gasteiger partial charge in [0, 0.05) is 17.2 Å². The van der Waals surface area contributed by atoms with Gasteiger partial charge in [0.25, 0.3) is 5.69 Å². The summed E-state index contributed by atoms with van der Waals surface area (Å²) >= 11 is 1.32. The third-order valence-corrected chi connectivity index (χ3v) is 7.77. The number of carbonyl (C=O) groups is 3. The molecule has 0 aliphatic rings. The van der Waals surface area contributed by atoms with Gasteiger partial charge in [-0.3, -0.25) is 24.5 Å². The summed E-state index contributed by atoms with van der Waals surface area (Å²) in [5.41, 5.74) is 6.30. The van der Waals surface area contributed by atoms with E-state index in [-0.39, 0.29) is 30.1 Å². The minimum absolute atomic E-state index is 0.0826. The average molecular weight is 614 g/mol. The molecular weight excluding hydrogens is 574 g/mol. The zero-order chi connectivity index (χ0) is 32.1. The molecule has 1 unspecified atom stereocenters. The molecule has 232 valence electrons. The van der Waals surface area contributed by atoms with Crippen molar-refractivity contribution in [3.63, 3.8) is 0 Å². The Morgan fingerprint density at radius 2 is 1.56 bits per heavy atom. The number of ketones is 1. The molecule has 12 heteroatoms. The van der Waals surface area contributed by atoms with Crippen LogP contribution in [0.1, 0.15) is 63.2 Å². The molecule has 0 radical (unpaired) electrons. The summed E-state index contributed by atoms with van der Waals surface area (Å²) in [5, 5.41) is 11.5. The number of nitro benzene ring substituents is 1. The number of fused-ring (bicyclic) bond motifs is 1. The van der Waals surface area contributed by atoms with Crippen LogP contribution in [0.4, 0.5) is 5.69 Å². The number of hydrogen-bond donors (Lipinski definition) is 2. The Kier molecular flexibility index (Phi) is 10.6. The van der Waals surface area contributed by atoms with E-state index in [1.165, 1.54) is 23.9 Å². The Balaban J connectivity index is 1.90. The van der Waals surface area contributed by atoms with Crippen molar-refractivity contribution in [3.05, 3.63) is 69.4 Å². The smallest absolute Gasteiger partial charge is 0.311 e. The maximum Gasteiger partial charge on any atom is 0.311 e. The fourth-order valence-corrected chi connectivity index (χ4v) is 4.95. The van der Waals surface area contributed by atoms with Gasteiger partial charge in [0.2, 0.25) is 0 Å². The van der Waals surface area contributed by atoms with E-state index in [1.54, 1.807) is 54.7 Å². The van der Waals surface area contributed by atoms with Crippen molar-refractivity contribution in [1.82, 2.24) is 4.98 Å². The van der Waals surface area contributed by atoms with E-state index in [1.807, 2.05) is 24.3 Å². The molecule has 0 amide bonds. The quantitative estimate of drug-likeness (QED) is 0.0841. The SMILES string of the molecule is COc1ccc(CSC(N)[C@H](COC(=O)C(C)(C)C)C(=O)c2cc3cc(COC(=O)C(C)(C)C)cc([N+](=O)[O-])c3[nH]2)cc1. The number of aromatic nitrogens is 1. The number of non-ortho nitro benzene ring substituents is 1. The normalized spacial score (nSPS) is 13.3. The highest BCUT2D eigenvalue weighted by Crippen LogP contribution is 2.31. The predicted molar refractivity (Wildman–Crippen MR) is 165 cm³/mol. The number of ether oxygens (including phenoxy) is 3. The molecule has 2 atom stereocenters. The van der Waals surface area contributed by atoms with Gasteiger partial charge in [0.05, 0.1) is 39.8 Å². The molecule has 43 heavy (non-hydrogen) atoms. The van der Waals surface area contributed by atoms with Gasteiger partial charge in [-0.25, -0.2) is 0 Å². The largest absolute Gasteiger partial charge is 0.497 e. The van der Waals surface area contributed by atoms with Crippen molar-refractivity contribution in [2.45, 2.75) is 59.3 Å². The van der Waals surface area contributed by atoms with Crippen LogP contribution in [-0.2, 0) is 31.4 Å². The number of nitrogens with zero attached hydrogens (tertiary/aromatic N) is 1. The maximum absolute atomic E-state index is 13.8. The lowest BCUT2D eigenvalue weighted by Crippen LogP contribution is -2.38. The molecule has 0 bridgehead atoms. The van der Waals surface area contributed by atoms with E-state index in [0.29, 0.717) is 22.5 Å². The van der Waals surface area contributed by atoms with E-state index >= 15 is 0 Å². The summed E-state index contributed by atoms with van der Waals surface area (Å²) in [6, 6.07) is 11.9. The first-order valence-electron chi connectivity index (χ1n) is 13.7. The molecule has 0 saturated heterocycles. The summed E-state index contributed by atoms with van der Waals surface area (Å²) in [4.78, 5) is 52.9. The molecular formula is C31H39N3O8S. The number of thioether (sulfide) groups is 1. The fourth-order valence-electron chi connectivity index (χ4n) is 3.94. The lowest BCUT2D eigenvalue weighted by atomic mass is 9.97. The van der Waals surface area contributed by atoms with Gasteiger partial charge < -0.3 is 24.9 Å². The zero-order valence-electron chi connectivity index (χ0n) is 25.5. The van der Waals surface area contributed by atoms with E-state index in [0.717, 1.165) is 5.56 Å². The van der Waals surface area contributed by atoms with E-state index < -0.39 is 44.8 Å². The number of nitrogens with two attached hydrogens (primary N) is 1. The third kappa shape index (κ3) is 8.80. The Morgan fingerprint density at radius 1 is 0.953 bits per heavy atom. The molecule has 0 aliphatic heterocycles. The Bertz CT molecular complexity index is 1490.